The number of carbonyl (C=O) groups excluding carboxylic acids is 1. The molecule has 1 aliphatic rings. The highest BCUT2D eigenvalue weighted by Crippen LogP contribution is 2.35. The Morgan fingerprint density at radius 2 is 2.05 bits per heavy atom. The van der Waals surface area contributed by atoms with Gasteiger partial charge in [-0.25, -0.2) is 0 Å². The van der Waals surface area contributed by atoms with Gasteiger partial charge in [0.15, 0.2) is 0 Å². The summed E-state index contributed by atoms with van der Waals surface area (Å²) < 4.78 is 0. The van der Waals surface area contributed by atoms with E-state index in [0.717, 1.165) is 28.2 Å². The number of aliphatic hydroxyl groups is 1. The summed E-state index contributed by atoms with van der Waals surface area (Å²) in [6.45, 7) is 2.29. The molecule has 1 heterocycles. The Labute approximate surface area is 117 Å². The first kappa shape index (κ1) is 12.7. The number of amides is 1. The van der Waals surface area contributed by atoms with E-state index in [2.05, 4.69) is 5.32 Å². The Balaban J connectivity index is 2.06. The summed E-state index contributed by atoms with van der Waals surface area (Å²) in [6.07, 6.45) is 0. The maximum Gasteiger partial charge on any atom is 0.244 e. The molecule has 3 rings (SSSR count). The van der Waals surface area contributed by atoms with Gasteiger partial charge >= 0.3 is 0 Å². The standard InChI is InChI=1S/C16H16N2O2/c1-11-8-13(7-6-12(11)10-19)18-9-16(20)17-14-4-2-3-5-15(14)18/h2-8,19H,9-10H2,1H3,(H,17,20). The summed E-state index contributed by atoms with van der Waals surface area (Å²) in [4.78, 5) is 13.8. The highest BCUT2D eigenvalue weighted by Gasteiger charge is 2.22. The van der Waals surface area contributed by atoms with Gasteiger partial charge in [-0.15, -0.1) is 0 Å². The van der Waals surface area contributed by atoms with Crippen LogP contribution in [0.3, 0.4) is 0 Å². The second-order valence-electron chi connectivity index (χ2n) is 4.92. The van der Waals surface area contributed by atoms with Crippen LogP contribution in [-0.4, -0.2) is 17.6 Å². The molecule has 2 aromatic rings. The topological polar surface area (TPSA) is 52.6 Å². The minimum Gasteiger partial charge on any atom is -0.392 e. The van der Waals surface area contributed by atoms with Crippen molar-refractivity contribution in [1.82, 2.24) is 0 Å². The van der Waals surface area contributed by atoms with Crippen LogP contribution in [0.2, 0.25) is 0 Å². The lowest BCUT2D eigenvalue weighted by Gasteiger charge is -2.31. The predicted molar refractivity (Wildman–Crippen MR) is 79.2 cm³/mol. The Hall–Kier alpha value is -2.33. The van der Waals surface area contributed by atoms with Crippen molar-refractivity contribution in [3.05, 3.63) is 53.6 Å². The molecule has 0 bridgehead atoms. The summed E-state index contributed by atoms with van der Waals surface area (Å²) >= 11 is 0. The average Bonchev–Trinajstić information content (AvgIpc) is 2.46. The third kappa shape index (κ3) is 2.14. The van der Waals surface area contributed by atoms with Crippen LogP contribution in [-0.2, 0) is 11.4 Å². The molecule has 0 atom stereocenters. The normalized spacial score (nSPS) is 13.9. The summed E-state index contributed by atoms with van der Waals surface area (Å²) in [5.41, 5.74) is 4.70. The number of carbonyl (C=O) groups is 1. The number of aliphatic hydroxyl groups excluding tert-OH is 1. The molecule has 0 fully saturated rings. The minimum atomic E-state index is -0.0208. The predicted octanol–water partition coefficient (Wildman–Crippen LogP) is 2.58. The molecule has 2 N–H and O–H groups in total. The van der Waals surface area contributed by atoms with Gasteiger partial charge in [0.1, 0.15) is 6.54 Å². The average molecular weight is 268 g/mol. The highest BCUT2D eigenvalue weighted by atomic mass is 16.3. The van der Waals surface area contributed by atoms with Crippen LogP contribution in [0.25, 0.3) is 0 Å². The molecule has 0 unspecified atom stereocenters. The number of hydrogen-bond donors (Lipinski definition) is 2. The zero-order chi connectivity index (χ0) is 14.1. The molecule has 0 saturated carbocycles. The van der Waals surface area contributed by atoms with Crippen LogP contribution in [0.15, 0.2) is 42.5 Å². The summed E-state index contributed by atoms with van der Waals surface area (Å²) in [5.74, 6) is -0.0208. The number of fused-ring (bicyclic) bond motifs is 1. The lowest BCUT2D eigenvalue weighted by atomic mass is 10.1. The van der Waals surface area contributed by atoms with Gasteiger partial charge in [0.2, 0.25) is 5.91 Å². The smallest absolute Gasteiger partial charge is 0.244 e. The Morgan fingerprint density at radius 3 is 2.80 bits per heavy atom. The van der Waals surface area contributed by atoms with Crippen LogP contribution in [0.5, 0.6) is 0 Å². The number of hydrogen-bond acceptors (Lipinski definition) is 3. The number of nitrogens with one attached hydrogen (secondary N) is 1. The number of anilines is 3. The molecule has 4 nitrogen and oxygen atoms in total. The maximum absolute atomic E-state index is 11.8. The highest BCUT2D eigenvalue weighted by molar-refractivity contribution is 6.03. The zero-order valence-corrected chi connectivity index (χ0v) is 11.3. The fourth-order valence-electron chi connectivity index (χ4n) is 2.49. The van der Waals surface area contributed by atoms with E-state index in [1.165, 1.54) is 0 Å². The molecule has 1 amide bonds. The largest absolute Gasteiger partial charge is 0.392 e. The van der Waals surface area contributed by atoms with Crippen LogP contribution in [0.1, 0.15) is 11.1 Å². The number of rotatable bonds is 2. The summed E-state index contributed by atoms with van der Waals surface area (Å²) in [7, 11) is 0. The van der Waals surface area contributed by atoms with E-state index in [1.54, 1.807) is 0 Å². The van der Waals surface area contributed by atoms with E-state index in [0.29, 0.717) is 6.54 Å². The fourth-order valence-corrected chi connectivity index (χ4v) is 2.49. The first-order chi connectivity index (χ1) is 9.69. The monoisotopic (exact) mass is 268 g/mol. The molecule has 0 saturated heterocycles. The molecule has 20 heavy (non-hydrogen) atoms. The van der Waals surface area contributed by atoms with Crippen LogP contribution < -0.4 is 10.2 Å². The molecule has 0 radical (unpaired) electrons. The van der Waals surface area contributed by atoms with Gasteiger partial charge in [-0.05, 0) is 42.3 Å². The molecular formula is C16H16N2O2. The van der Waals surface area contributed by atoms with E-state index in [4.69, 9.17) is 0 Å². The summed E-state index contributed by atoms with van der Waals surface area (Å²) in [6, 6.07) is 13.6. The zero-order valence-electron chi connectivity index (χ0n) is 11.3. The number of aryl methyl sites for hydroxylation is 1. The van der Waals surface area contributed by atoms with Crippen molar-refractivity contribution in [2.45, 2.75) is 13.5 Å². The lowest BCUT2D eigenvalue weighted by molar-refractivity contribution is -0.115. The van der Waals surface area contributed by atoms with E-state index >= 15 is 0 Å². The number of para-hydroxylation sites is 2. The second kappa shape index (κ2) is 4.98. The van der Waals surface area contributed by atoms with Crippen molar-refractivity contribution in [3.63, 3.8) is 0 Å². The second-order valence-corrected chi connectivity index (χ2v) is 4.92. The molecule has 0 aromatic heterocycles. The Bertz CT molecular complexity index is 667. The minimum absolute atomic E-state index is 0.0208. The van der Waals surface area contributed by atoms with E-state index in [9.17, 15) is 9.90 Å². The molecule has 4 heteroatoms. The van der Waals surface area contributed by atoms with Crippen molar-refractivity contribution in [2.24, 2.45) is 0 Å². The molecule has 102 valence electrons. The summed E-state index contributed by atoms with van der Waals surface area (Å²) in [5, 5.41) is 12.1. The van der Waals surface area contributed by atoms with Crippen molar-refractivity contribution >= 4 is 23.0 Å². The van der Waals surface area contributed by atoms with E-state index in [-0.39, 0.29) is 12.5 Å². The van der Waals surface area contributed by atoms with Crippen LogP contribution in [0, 0.1) is 6.92 Å². The molecule has 1 aliphatic heterocycles. The SMILES string of the molecule is Cc1cc(N2CC(=O)Nc3ccccc32)ccc1CO. The fraction of sp³-hybridized carbons (Fsp3) is 0.188. The van der Waals surface area contributed by atoms with Crippen molar-refractivity contribution in [1.29, 1.82) is 0 Å². The Morgan fingerprint density at radius 1 is 1.25 bits per heavy atom. The van der Waals surface area contributed by atoms with E-state index in [1.807, 2.05) is 54.3 Å². The van der Waals surface area contributed by atoms with Gasteiger partial charge in [0.25, 0.3) is 0 Å². The van der Waals surface area contributed by atoms with Gasteiger partial charge in [0, 0.05) is 5.69 Å². The quantitative estimate of drug-likeness (QED) is 0.880. The van der Waals surface area contributed by atoms with Gasteiger partial charge in [-0.2, -0.15) is 0 Å². The van der Waals surface area contributed by atoms with Crippen molar-refractivity contribution < 1.29 is 9.90 Å². The third-order valence-corrected chi connectivity index (χ3v) is 3.58. The molecular weight excluding hydrogens is 252 g/mol. The maximum atomic E-state index is 11.8. The third-order valence-electron chi connectivity index (χ3n) is 3.58. The number of nitrogens with zero attached hydrogens (tertiary/aromatic N) is 1. The van der Waals surface area contributed by atoms with Gasteiger partial charge in [0.05, 0.1) is 18.0 Å². The molecule has 2 aromatic carbocycles. The molecule has 0 spiro atoms. The van der Waals surface area contributed by atoms with Crippen LogP contribution in [0.4, 0.5) is 17.1 Å². The van der Waals surface area contributed by atoms with Gasteiger partial charge in [-0.1, -0.05) is 18.2 Å². The lowest BCUT2D eigenvalue weighted by Crippen LogP contribution is -2.35. The molecule has 0 aliphatic carbocycles. The van der Waals surface area contributed by atoms with Gasteiger partial charge in [-0.3, -0.25) is 4.79 Å². The first-order valence-corrected chi connectivity index (χ1v) is 6.56. The number of benzene rings is 2. The van der Waals surface area contributed by atoms with E-state index < -0.39 is 0 Å². The first-order valence-electron chi connectivity index (χ1n) is 6.56. The van der Waals surface area contributed by atoms with Crippen molar-refractivity contribution in [3.8, 4) is 0 Å². The van der Waals surface area contributed by atoms with Gasteiger partial charge < -0.3 is 15.3 Å². The van der Waals surface area contributed by atoms with Crippen molar-refractivity contribution in [2.75, 3.05) is 16.8 Å². The van der Waals surface area contributed by atoms with Crippen LogP contribution >= 0.6 is 0 Å². The Kier molecular flexibility index (Phi) is 3.16.